The van der Waals surface area contributed by atoms with Gasteiger partial charge in [0.1, 0.15) is 11.5 Å². The number of carbonyl (C=O) groups is 3. The molecule has 0 bridgehead atoms. The van der Waals surface area contributed by atoms with E-state index in [1.807, 2.05) is 18.2 Å². The first-order chi connectivity index (χ1) is 13.5. The van der Waals surface area contributed by atoms with E-state index in [0.29, 0.717) is 16.5 Å². The van der Waals surface area contributed by atoms with Crippen molar-refractivity contribution in [3.05, 3.63) is 59.1 Å². The zero-order chi connectivity index (χ0) is 20.4. The first-order valence-corrected chi connectivity index (χ1v) is 8.63. The molecule has 0 aromatic heterocycles. The number of halogens is 1. The van der Waals surface area contributed by atoms with Gasteiger partial charge in [0.05, 0.1) is 25.7 Å². The van der Waals surface area contributed by atoms with Crippen molar-refractivity contribution >= 4 is 29.4 Å². The SMILES string of the molecule is COc1ccc(Cl)cc1C(=O)NNC(=O)COC(=O)CCOc1ccccc1. The molecule has 0 saturated heterocycles. The van der Waals surface area contributed by atoms with Crippen LogP contribution in [0.1, 0.15) is 16.8 Å². The number of nitrogens with one attached hydrogen (secondary N) is 2. The van der Waals surface area contributed by atoms with Crippen molar-refractivity contribution < 1.29 is 28.6 Å². The average molecular weight is 407 g/mol. The van der Waals surface area contributed by atoms with Crippen LogP contribution in [-0.4, -0.2) is 38.1 Å². The molecule has 0 atom stereocenters. The Kier molecular flexibility index (Phi) is 8.11. The lowest BCUT2D eigenvalue weighted by atomic mass is 10.2. The van der Waals surface area contributed by atoms with Gasteiger partial charge in [0, 0.05) is 5.02 Å². The zero-order valence-corrected chi connectivity index (χ0v) is 15.8. The lowest BCUT2D eigenvalue weighted by molar-refractivity contribution is -0.149. The van der Waals surface area contributed by atoms with Crippen LogP contribution in [0.15, 0.2) is 48.5 Å². The summed E-state index contributed by atoms with van der Waals surface area (Å²) in [7, 11) is 1.40. The summed E-state index contributed by atoms with van der Waals surface area (Å²) in [4.78, 5) is 35.4. The molecule has 0 aliphatic carbocycles. The molecule has 28 heavy (non-hydrogen) atoms. The van der Waals surface area contributed by atoms with E-state index in [0.717, 1.165) is 0 Å². The molecule has 0 fully saturated rings. The van der Waals surface area contributed by atoms with Crippen molar-refractivity contribution in [1.82, 2.24) is 10.9 Å². The van der Waals surface area contributed by atoms with Gasteiger partial charge >= 0.3 is 5.97 Å². The Hall–Kier alpha value is -3.26. The largest absolute Gasteiger partial charge is 0.496 e. The molecule has 0 unspecified atom stereocenters. The number of hydrogen-bond donors (Lipinski definition) is 2. The molecule has 0 aliphatic rings. The minimum Gasteiger partial charge on any atom is -0.496 e. The lowest BCUT2D eigenvalue weighted by Crippen LogP contribution is -2.43. The van der Waals surface area contributed by atoms with Crippen LogP contribution in [0.2, 0.25) is 5.02 Å². The molecule has 8 nitrogen and oxygen atoms in total. The summed E-state index contributed by atoms with van der Waals surface area (Å²) in [6.07, 6.45) is -0.0196. The molecular weight excluding hydrogens is 388 g/mol. The fourth-order valence-corrected chi connectivity index (χ4v) is 2.25. The van der Waals surface area contributed by atoms with Crippen LogP contribution < -0.4 is 20.3 Å². The summed E-state index contributed by atoms with van der Waals surface area (Å²) in [5.41, 5.74) is 4.48. The van der Waals surface area contributed by atoms with Gasteiger partial charge in [-0.2, -0.15) is 0 Å². The summed E-state index contributed by atoms with van der Waals surface area (Å²) in [6.45, 7) is -0.424. The van der Waals surface area contributed by atoms with Crippen molar-refractivity contribution in [2.75, 3.05) is 20.3 Å². The number of benzene rings is 2. The highest BCUT2D eigenvalue weighted by Crippen LogP contribution is 2.22. The maximum atomic E-state index is 12.1. The quantitative estimate of drug-likeness (QED) is 0.514. The third kappa shape index (κ3) is 6.81. The van der Waals surface area contributed by atoms with Crippen LogP contribution >= 0.6 is 11.6 Å². The number of hydrogen-bond acceptors (Lipinski definition) is 6. The highest BCUT2D eigenvalue weighted by molar-refractivity contribution is 6.31. The molecule has 2 rings (SSSR count). The Bertz CT molecular complexity index is 828. The third-order valence-corrected chi connectivity index (χ3v) is 3.64. The number of amides is 2. The van der Waals surface area contributed by atoms with Crippen LogP contribution in [0.25, 0.3) is 0 Å². The van der Waals surface area contributed by atoms with Gasteiger partial charge in [-0.3, -0.25) is 25.2 Å². The minimum atomic E-state index is -0.702. The standard InChI is InChI=1S/C19H19ClN2O6/c1-26-16-8-7-13(20)11-15(16)19(25)22-21-17(23)12-28-18(24)9-10-27-14-5-3-2-4-6-14/h2-8,11H,9-10,12H2,1H3,(H,21,23)(H,22,25). The number of hydrazine groups is 1. The Morgan fingerprint density at radius 2 is 1.79 bits per heavy atom. The van der Waals surface area contributed by atoms with Crippen LogP contribution in [0, 0.1) is 0 Å². The number of rotatable bonds is 8. The van der Waals surface area contributed by atoms with Gasteiger partial charge in [-0.1, -0.05) is 29.8 Å². The van der Waals surface area contributed by atoms with Crippen LogP contribution in [-0.2, 0) is 14.3 Å². The second kappa shape index (κ2) is 10.8. The topological polar surface area (TPSA) is 103 Å². The van der Waals surface area contributed by atoms with E-state index in [2.05, 4.69) is 10.9 Å². The molecule has 0 spiro atoms. The second-order valence-corrected chi connectivity index (χ2v) is 5.86. The smallest absolute Gasteiger partial charge is 0.309 e. The summed E-state index contributed by atoms with van der Waals surface area (Å²) in [6, 6.07) is 13.5. The van der Waals surface area contributed by atoms with E-state index >= 15 is 0 Å². The van der Waals surface area contributed by atoms with Crippen LogP contribution in [0.5, 0.6) is 11.5 Å². The van der Waals surface area contributed by atoms with Crippen molar-refractivity contribution in [3.8, 4) is 11.5 Å². The van der Waals surface area contributed by atoms with Gasteiger partial charge in [0.15, 0.2) is 6.61 Å². The molecule has 2 aromatic carbocycles. The average Bonchev–Trinajstić information content (AvgIpc) is 2.71. The van der Waals surface area contributed by atoms with Crippen LogP contribution in [0.3, 0.4) is 0 Å². The van der Waals surface area contributed by atoms with E-state index < -0.39 is 24.4 Å². The molecule has 148 valence electrons. The third-order valence-electron chi connectivity index (χ3n) is 3.40. The van der Waals surface area contributed by atoms with E-state index in [1.165, 1.54) is 19.2 Å². The van der Waals surface area contributed by atoms with Crippen molar-refractivity contribution in [3.63, 3.8) is 0 Å². The molecule has 2 amide bonds. The van der Waals surface area contributed by atoms with Crippen molar-refractivity contribution in [2.45, 2.75) is 6.42 Å². The molecule has 2 aromatic rings. The van der Waals surface area contributed by atoms with Crippen molar-refractivity contribution in [1.29, 1.82) is 0 Å². The Morgan fingerprint density at radius 3 is 2.50 bits per heavy atom. The van der Waals surface area contributed by atoms with Gasteiger partial charge in [-0.25, -0.2) is 0 Å². The van der Waals surface area contributed by atoms with Gasteiger partial charge in [0.2, 0.25) is 0 Å². The van der Waals surface area contributed by atoms with Crippen molar-refractivity contribution in [2.24, 2.45) is 0 Å². The number of carbonyl (C=O) groups excluding carboxylic acids is 3. The van der Waals surface area contributed by atoms with E-state index in [1.54, 1.807) is 18.2 Å². The highest BCUT2D eigenvalue weighted by Gasteiger charge is 2.14. The predicted octanol–water partition coefficient (Wildman–Crippen LogP) is 2.12. The fourth-order valence-electron chi connectivity index (χ4n) is 2.07. The lowest BCUT2D eigenvalue weighted by Gasteiger charge is -2.11. The maximum Gasteiger partial charge on any atom is 0.309 e. The van der Waals surface area contributed by atoms with Gasteiger partial charge < -0.3 is 14.2 Å². The molecule has 2 N–H and O–H groups in total. The summed E-state index contributed by atoms with van der Waals surface area (Å²) >= 11 is 5.86. The first-order valence-electron chi connectivity index (χ1n) is 8.26. The first kappa shape index (κ1) is 21.0. The Balaban J connectivity index is 1.68. The summed E-state index contributed by atoms with van der Waals surface area (Å²) in [5, 5.41) is 0.337. The molecule has 9 heteroatoms. The van der Waals surface area contributed by atoms with E-state index in [4.69, 9.17) is 25.8 Å². The minimum absolute atomic E-state index is 0.0196. The molecule has 0 radical (unpaired) electrons. The predicted molar refractivity (Wildman–Crippen MR) is 101 cm³/mol. The van der Waals surface area contributed by atoms with Gasteiger partial charge in [-0.05, 0) is 30.3 Å². The second-order valence-electron chi connectivity index (χ2n) is 5.42. The highest BCUT2D eigenvalue weighted by atomic mass is 35.5. The number of para-hydroxylation sites is 1. The number of methoxy groups -OCH3 is 1. The molecule has 0 aliphatic heterocycles. The zero-order valence-electron chi connectivity index (χ0n) is 15.1. The van der Waals surface area contributed by atoms with Gasteiger partial charge in [-0.15, -0.1) is 0 Å². The normalized spacial score (nSPS) is 9.93. The summed E-state index contributed by atoms with van der Waals surface area (Å²) in [5.74, 6) is -1.01. The van der Waals surface area contributed by atoms with Crippen LogP contribution in [0.4, 0.5) is 0 Å². The molecular formula is C19H19ClN2O6. The monoisotopic (exact) mass is 406 g/mol. The summed E-state index contributed by atoms with van der Waals surface area (Å²) < 4.78 is 15.2. The molecule has 0 heterocycles. The molecule has 0 saturated carbocycles. The maximum absolute atomic E-state index is 12.1. The van der Waals surface area contributed by atoms with Gasteiger partial charge in [0.25, 0.3) is 11.8 Å². The van der Waals surface area contributed by atoms with E-state index in [-0.39, 0.29) is 18.6 Å². The van der Waals surface area contributed by atoms with E-state index in [9.17, 15) is 14.4 Å². The Morgan fingerprint density at radius 1 is 1.04 bits per heavy atom. The number of ether oxygens (including phenoxy) is 3. The Labute approximate surface area is 166 Å². The fraction of sp³-hybridized carbons (Fsp3) is 0.211. The number of esters is 1.